The Morgan fingerprint density at radius 3 is 2.81 bits per heavy atom. The van der Waals surface area contributed by atoms with Gasteiger partial charge in [-0.15, -0.1) is 0 Å². The molecule has 2 heterocycles. The zero-order valence-corrected chi connectivity index (χ0v) is 17.4. The Morgan fingerprint density at radius 1 is 1.27 bits per heavy atom. The van der Waals surface area contributed by atoms with Crippen LogP contribution in [0.4, 0.5) is 10.5 Å². The van der Waals surface area contributed by atoms with Crippen molar-refractivity contribution < 1.29 is 9.53 Å². The molecule has 0 bridgehead atoms. The van der Waals surface area contributed by atoms with Crippen LogP contribution in [0.3, 0.4) is 0 Å². The largest absolute Gasteiger partial charge is 0.444 e. The number of fused-ring (bicyclic) bond motifs is 2. The van der Waals surface area contributed by atoms with E-state index >= 15 is 0 Å². The first kappa shape index (κ1) is 18.0. The molecule has 3 atom stereocenters. The summed E-state index contributed by atoms with van der Waals surface area (Å²) in [6.45, 7) is 5.82. The first-order valence-electron chi connectivity index (χ1n) is 9.69. The second-order valence-corrected chi connectivity index (χ2v) is 9.72. The molecule has 2 aliphatic heterocycles. The summed E-state index contributed by atoms with van der Waals surface area (Å²) >= 11 is 3.53. The third-order valence-electron chi connectivity index (χ3n) is 5.76. The SMILES string of the molecule is CC(C)(C)OC(=O)N1[C@H](C2=Nc3cc(Br)ccc3C2)C[C@@H]2CCCC[C@@H]21. The zero-order chi connectivity index (χ0) is 18.5. The summed E-state index contributed by atoms with van der Waals surface area (Å²) in [6, 6.07) is 6.65. The first-order valence-corrected chi connectivity index (χ1v) is 10.5. The van der Waals surface area contributed by atoms with E-state index in [0.29, 0.717) is 12.0 Å². The minimum atomic E-state index is -0.473. The van der Waals surface area contributed by atoms with Gasteiger partial charge in [-0.2, -0.15) is 0 Å². The predicted octanol–water partition coefficient (Wildman–Crippen LogP) is 5.65. The van der Waals surface area contributed by atoms with Crippen molar-refractivity contribution in [1.29, 1.82) is 0 Å². The van der Waals surface area contributed by atoms with Gasteiger partial charge in [-0.3, -0.25) is 9.89 Å². The summed E-state index contributed by atoms with van der Waals surface area (Å²) in [5.74, 6) is 0.583. The number of halogens is 1. The molecule has 0 aromatic heterocycles. The van der Waals surface area contributed by atoms with Gasteiger partial charge in [0.05, 0.1) is 11.7 Å². The van der Waals surface area contributed by atoms with Crippen molar-refractivity contribution in [2.75, 3.05) is 0 Å². The van der Waals surface area contributed by atoms with Crippen LogP contribution < -0.4 is 0 Å². The number of hydrogen-bond donors (Lipinski definition) is 0. The van der Waals surface area contributed by atoms with Gasteiger partial charge in [-0.25, -0.2) is 4.79 Å². The number of nitrogens with zero attached hydrogens (tertiary/aromatic N) is 2. The van der Waals surface area contributed by atoms with Gasteiger partial charge < -0.3 is 4.74 Å². The number of carbonyl (C=O) groups is 1. The standard InChI is InChI=1S/C21H27BrN2O2/c1-21(2,3)26-20(25)24-18-7-5-4-6-14(18)11-19(24)17-10-13-8-9-15(22)12-16(13)23-17/h8-9,12,14,18-19H,4-7,10-11H2,1-3H3/t14-,18-,19-/m0/s1. The molecule has 1 aliphatic carbocycles. The van der Waals surface area contributed by atoms with Crippen molar-refractivity contribution in [3.63, 3.8) is 0 Å². The van der Waals surface area contributed by atoms with Crippen molar-refractivity contribution in [2.24, 2.45) is 10.9 Å². The maximum Gasteiger partial charge on any atom is 0.411 e. The molecule has 1 saturated heterocycles. The van der Waals surface area contributed by atoms with E-state index in [1.807, 2.05) is 25.7 Å². The number of rotatable bonds is 1. The minimum absolute atomic E-state index is 0.0733. The molecule has 1 aromatic rings. The molecule has 2 fully saturated rings. The lowest BCUT2D eigenvalue weighted by Crippen LogP contribution is -2.48. The zero-order valence-electron chi connectivity index (χ0n) is 15.8. The van der Waals surface area contributed by atoms with E-state index in [1.165, 1.54) is 24.8 Å². The van der Waals surface area contributed by atoms with Gasteiger partial charge in [0.15, 0.2) is 0 Å². The number of aliphatic imine (C=N–C) groups is 1. The normalized spacial score (nSPS) is 27.8. The highest BCUT2D eigenvalue weighted by Gasteiger charge is 2.48. The average molecular weight is 419 g/mol. The summed E-state index contributed by atoms with van der Waals surface area (Å²) in [6.07, 6.45) is 6.47. The van der Waals surface area contributed by atoms with Gasteiger partial charge in [0.2, 0.25) is 0 Å². The molecule has 3 aliphatic rings. The molecule has 1 aromatic carbocycles. The van der Waals surface area contributed by atoms with Crippen LogP contribution in [-0.2, 0) is 11.2 Å². The Labute approximate surface area is 164 Å². The molecular formula is C21H27BrN2O2. The second kappa shape index (κ2) is 6.66. The number of ether oxygens (including phenoxy) is 1. The molecule has 0 N–H and O–H groups in total. The highest BCUT2D eigenvalue weighted by Crippen LogP contribution is 2.43. The fourth-order valence-electron chi connectivity index (χ4n) is 4.71. The molecular weight excluding hydrogens is 392 g/mol. The first-order chi connectivity index (χ1) is 12.3. The lowest BCUT2D eigenvalue weighted by Gasteiger charge is -2.35. The van der Waals surface area contributed by atoms with E-state index in [2.05, 4.69) is 34.1 Å². The topological polar surface area (TPSA) is 41.9 Å². The van der Waals surface area contributed by atoms with Crippen LogP contribution in [0.5, 0.6) is 0 Å². The van der Waals surface area contributed by atoms with Gasteiger partial charge >= 0.3 is 6.09 Å². The molecule has 1 saturated carbocycles. The van der Waals surface area contributed by atoms with Gasteiger partial charge in [0, 0.05) is 22.6 Å². The fourth-order valence-corrected chi connectivity index (χ4v) is 5.06. The molecule has 1 amide bonds. The summed E-state index contributed by atoms with van der Waals surface area (Å²) in [5, 5.41) is 0. The van der Waals surface area contributed by atoms with Crippen molar-refractivity contribution in [3.05, 3.63) is 28.2 Å². The maximum atomic E-state index is 13.1. The van der Waals surface area contributed by atoms with Crippen molar-refractivity contribution in [1.82, 2.24) is 4.90 Å². The highest BCUT2D eigenvalue weighted by atomic mass is 79.9. The molecule has 4 nitrogen and oxygen atoms in total. The smallest absolute Gasteiger partial charge is 0.411 e. The molecule has 0 spiro atoms. The lowest BCUT2D eigenvalue weighted by molar-refractivity contribution is 0.0148. The van der Waals surface area contributed by atoms with E-state index in [9.17, 15) is 4.79 Å². The van der Waals surface area contributed by atoms with E-state index in [0.717, 1.165) is 35.1 Å². The van der Waals surface area contributed by atoms with Crippen LogP contribution in [0.15, 0.2) is 27.7 Å². The summed E-state index contributed by atoms with van der Waals surface area (Å²) in [4.78, 5) is 20.0. The number of amides is 1. The minimum Gasteiger partial charge on any atom is -0.444 e. The van der Waals surface area contributed by atoms with Crippen LogP contribution in [0.25, 0.3) is 0 Å². The number of benzene rings is 1. The Kier molecular flexibility index (Phi) is 4.62. The molecule has 0 unspecified atom stereocenters. The van der Waals surface area contributed by atoms with E-state index in [1.54, 1.807) is 0 Å². The number of hydrogen-bond acceptors (Lipinski definition) is 3. The van der Waals surface area contributed by atoms with E-state index in [-0.39, 0.29) is 12.1 Å². The van der Waals surface area contributed by atoms with Crippen LogP contribution >= 0.6 is 15.9 Å². The third kappa shape index (κ3) is 3.42. The Hall–Kier alpha value is -1.36. The number of likely N-dealkylation sites (tertiary alicyclic amines) is 1. The van der Waals surface area contributed by atoms with Gasteiger partial charge in [-0.05, 0) is 63.6 Å². The van der Waals surface area contributed by atoms with Gasteiger partial charge in [0.1, 0.15) is 5.60 Å². The van der Waals surface area contributed by atoms with Crippen LogP contribution in [0.2, 0.25) is 0 Å². The van der Waals surface area contributed by atoms with Crippen molar-refractivity contribution in [2.45, 2.75) is 77.0 Å². The Bertz CT molecular complexity index is 753. The maximum absolute atomic E-state index is 13.1. The average Bonchev–Trinajstić information content (AvgIpc) is 3.13. The summed E-state index contributed by atoms with van der Waals surface area (Å²) in [7, 11) is 0. The summed E-state index contributed by atoms with van der Waals surface area (Å²) in [5.41, 5.74) is 2.94. The third-order valence-corrected chi connectivity index (χ3v) is 6.25. The number of carbonyl (C=O) groups excluding carboxylic acids is 1. The highest BCUT2D eigenvalue weighted by molar-refractivity contribution is 9.10. The Morgan fingerprint density at radius 2 is 2.04 bits per heavy atom. The predicted molar refractivity (Wildman–Crippen MR) is 107 cm³/mol. The lowest BCUT2D eigenvalue weighted by atomic mass is 9.84. The van der Waals surface area contributed by atoms with Gasteiger partial charge in [0.25, 0.3) is 0 Å². The van der Waals surface area contributed by atoms with Crippen LogP contribution in [0.1, 0.15) is 58.4 Å². The van der Waals surface area contributed by atoms with Gasteiger partial charge in [-0.1, -0.05) is 34.8 Å². The van der Waals surface area contributed by atoms with E-state index < -0.39 is 5.60 Å². The van der Waals surface area contributed by atoms with Crippen molar-refractivity contribution in [3.8, 4) is 0 Å². The van der Waals surface area contributed by atoms with E-state index in [4.69, 9.17) is 9.73 Å². The molecule has 140 valence electrons. The van der Waals surface area contributed by atoms with Crippen LogP contribution in [-0.4, -0.2) is 34.4 Å². The Balaban J connectivity index is 1.63. The summed E-state index contributed by atoms with van der Waals surface area (Å²) < 4.78 is 6.83. The molecule has 4 rings (SSSR count). The van der Waals surface area contributed by atoms with Crippen LogP contribution in [0, 0.1) is 5.92 Å². The quantitative estimate of drug-likeness (QED) is 0.591. The monoisotopic (exact) mass is 418 g/mol. The molecule has 26 heavy (non-hydrogen) atoms. The van der Waals surface area contributed by atoms with Crippen molar-refractivity contribution >= 4 is 33.4 Å². The molecule has 0 radical (unpaired) electrons. The fraction of sp³-hybridized carbons (Fsp3) is 0.619. The molecule has 5 heteroatoms. The second-order valence-electron chi connectivity index (χ2n) is 8.80.